The van der Waals surface area contributed by atoms with Gasteiger partial charge in [-0.25, -0.2) is 14.8 Å². The Bertz CT molecular complexity index is 778. The van der Waals surface area contributed by atoms with Crippen LogP contribution in [0.3, 0.4) is 0 Å². The molecule has 2 heterocycles. The summed E-state index contributed by atoms with van der Waals surface area (Å²) in [4.78, 5) is 24.1. The predicted molar refractivity (Wildman–Crippen MR) is 106 cm³/mol. The smallest absolute Gasteiger partial charge is 0.409 e. The highest BCUT2D eigenvalue weighted by molar-refractivity contribution is 6.30. The first-order chi connectivity index (χ1) is 13.1. The van der Waals surface area contributed by atoms with Crippen molar-refractivity contribution in [3.8, 4) is 0 Å². The highest BCUT2D eigenvalue weighted by Crippen LogP contribution is 2.27. The van der Waals surface area contributed by atoms with Crippen LogP contribution in [0.2, 0.25) is 5.02 Å². The summed E-state index contributed by atoms with van der Waals surface area (Å²) >= 11 is 5.91. The summed E-state index contributed by atoms with van der Waals surface area (Å²) < 4.78 is 5.05. The fourth-order valence-electron chi connectivity index (χ4n) is 2.88. The van der Waals surface area contributed by atoms with E-state index >= 15 is 0 Å². The monoisotopic (exact) mass is 390 g/mol. The van der Waals surface area contributed by atoms with Gasteiger partial charge in [-0.1, -0.05) is 23.7 Å². The van der Waals surface area contributed by atoms with E-state index in [1.165, 1.54) is 6.33 Å². The first-order valence-electron chi connectivity index (χ1n) is 8.84. The van der Waals surface area contributed by atoms with Gasteiger partial charge < -0.3 is 25.6 Å². The Morgan fingerprint density at radius 2 is 1.93 bits per heavy atom. The molecule has 2 aromatic rings. The quantitative estimate of drug-likeness (QED) is 0.809. The molecule has 1 aromatic carbocycles. The zero-order valence-electron chi connectivity index (χ0n) is 15.2. The number of carbonyl (C=O) groups is 1. The number of amides is 1. The summed E-state index contributed by atoms with van der Waals surface area (Å²) in [5.74, 6) is 1.26. The van der Waals surface area contributed by atoms with Gasteiger partial charge in [0.05, 0.1) is 6.61 Å². The third-order valence-electron chi connectivity index (χ3n) is 4.34. The van der Waals surface area contributed by atoms with Gasteiger partial charge in [0, 0.05) is 37.7 Å². The minimum Gasteiger partial charge on any atom is -0.450 e. The minimum absolute atomic E-state index is 0.280. The molecule has 27 heavy (non-hydrogen) atoms. The van der Waals surface area contributed by atoms with Crippen LogP contribution in [0.25, 0.3) is 0 Å². The number of aromatic nitrogens is 2. The SMILES string of the molecule is CCOC(=O)N1CCN(c2ncnc(NCc3ccc(Cl)cc3)c2N)CC1. The van der Waals surface area contributed by atoms with Gasteiger partial charge in [-0.05, 0) is 24.6 Å². The number of nitrogen functional groups attached to an aromatic ring is 1. The average Bonchev–Trinajstić information content (AvgIpc) is 2.69. The molecule has 1 aliphatic heterocycles. The van der Waals surface area contributed by atoms with E-state index in [1.54, 1.807) is 11.8 Å². The Morgan fingerprint density at radius 3 is 2.59 bits per heavy atom. The van der Waals surface area contributed by atoms with Crippen molar-refractivity contribution in [2.75, 3.05) is 48.7 Å². The number of ether oxygens (including phenoxy) is 1. The van der Waals surface area contributed by atoms with Crippen molar-refractivity contribution >= 4 is 35.0 Å². The van der Waals surface area contributed by atoms with E-state index in [9.17, 15) is 4.79 Å². The van der Waals surface area contributed by atoms with Crippen LogP contribution in [0.4, 0.5) is 22.1 Å². The van der Waals surface area contributed by atoms with Crippen LogP contribution >= 0.6 is 11.6 Å². The van der Waals surface area contributed by atoms with E-state index in [0.717, 1.165) is 5.56 Å². The molecule has 1 aliphatic rings. The van der Waals surface area contributed by atoms with Gasteiger partial charge in [0.25, 0.3) is 0 Å². The fraction of sp³-hybridized carbons (Fsp3) is 0.389. The first-order valence-corrected chi connectivity index (χ1v) is 9.21. The highest BCUT2D eigenvalue weighted by Gasteiger charge is 2.24. The normalized spacial score (nSPS) is 14.1. The largest absolute Gasteiger partial charge is 0.450 e. The topological polar surface area (TPSA) is 96.6 Å². The molecule has 0 spiro atoms. The lowest BCUT2D eigenvalue weighted by Gasteiger charge is -2.35. The van der Waals surface area contributed by atoms with E-state index < -0.39 is 0 Å². The van der Waals surface area contributed by atoms with Crippen molar-refractivity contribution in [1.29, 1.82) is 0 Å². The zero-order chi connectivity index (χ0) is 19.2. The van der Waals surface area contributed by atoms with Crippen LogP contribution in [0.5, 0.6) is 0 Å². The molecule has 0 radical (unpaired) electrons. The molecule has 0 bridgehead atoms. The molecular weight excluding hydrogens is 368 g/mol. The molecule has 0 saturated carbocycles. The van der Waals surface area contributed by atoms with E-state index in [0.29, 0.717) is 61.7 Å². The minimum atomic E-state index is -0.280. The lowest BCUT2D eigenvalue weighted by atomic mass is 10.2. The second-order valence-corrected chi connectivity index (χ2v) is 6.55. The summed E-state index contributed by atoms with van der Waals surface area (Å²) in [6.45, 7) is 5.16. The number of nitrogens with two attached hydrogens (primary N) is 1. The van der Waals surface area contributed by atoms with Crippen LogP contribution in [0, 0.1) is 0 Å². The molecule has 1 fully saturated rings. The summed E-state index contributed by atoms with van der Waals surface area (Å²) in [5.41, 5.74) is 7.86. The number of hydrogen-bond acceptors (Lipinski definition) is 7. The Balaban J connectivity index is 1.63. The lowest BCUT2D eigenvalue weighted by Crippen LogP contribution is -2.49. The number of anilines is 3. The molecule has 0 atom stereocenters. The van der Waals surface area contributed by atoms with Crippen LogP contribution in [-0.4, -0.2) is 53.7 Å². The van der Waals surface area contributed by atoms with E-state index in [1.807, 2.05) is 24.3 Å². The number of carbonyl (C=O) groups excluding carboxylic acids is 1. The van der Waals surface area contributed by atoms with Gasteiger partial charge in [-0.2, -0.15) is 0 Å². The molecule has 3 N–H and O–H groups in total. The highest BCUT2D eigenvalue weighted by atomic mass is 35.5. The Kier molecular flexibility index (Phi) is 6.18. The van der Waals surface area contributed by atoms with Gasteiger partial charge in [-0.3, -0.25) is 0 Å². The number of benzene rings is 1. The number of rotatable bonds is 5. The molecule has 1 saturated heterocycles. The summed E-state index contributed by atoms with van der Waals surface area (Å²) in [6, 6.07) is 7.58. The zero-order valence-corrected chi connectivity index (χ0v) is 15.9. The summed E-state index contributed by atoms with van der Waals surface area (Å²) in [5, 5.41) is 3.94. The van der Waals surface area contributed by atoms with Crippen molar-refractivity contribution in [2.45, 2.75) is 13.5 Å². The second kappa shape index (κ2) is 8.77. The van der Waals surface area contributed by atoms with Crippen molar-refractivity contribution in [3.63, 3.8) is 0 Å². The van der Waals surface area contributed by atoms with Gasteiger partial charge in [0.1, 0.15) is 12.0 Å². The van der Waals surface area contributed by atoms with Crippen LogP contribution in [0.1, 0.15) is 12.5 Å². The molecule has 0 aliphatic carbocycles. The molecule has 0 unspecified atom stereocenters. The maximum absolute atomic E-state index is 11.8. The van der Waals surface area contributed by atoms with Gasteiger partial charge in [0.2, 0.25) is 0 Å². The van der Waals surface area contributed by atoms with Gasteiger partial charge in [0.15, 0.2) is 11.6 Å². The van der Waals surface area contributed by atoms with Crippen molar-refractivity contribution in [3.05, 3.63) is 41.2 Å². The molecule has 8 nitrogen and oxygen atoms in total. The van der Waals surface area contributed by atoms with Crippen molar-refractivity contribution in [2.24, 2.45) is 0 Å². The Labute approximate surface area is 163 Å². The lowest BCUT2D eigenvalue weighted by molar-refractivity contribution is 0.105. The number of hydrogen-bond donors (Lipinski definition) is 2. The maximum Gasteiger partial charge on any atom is 0.409 e. The van der Waals surface area contributed by atoms with Gasteiger partial charge in [-0.15, -0.1) is 0 Å². The van der Waals surface area contributed by atoms with Crippen molar-refractivity contribution in [1.82, 2.24) is 14.9 Å². The molecule has 1 amide bonds. The number of nitrogens with one attached hydrogen (secondary N) is 1. The van der Waals surface area contributed by atoms with Gasteiger partial charge >= 0.3 is 6.09 Å². The number of piperazine rings is 1. The van der Waals surface area contributed by atoms with Crippen molar-refractivity contribution < 1.29 is 9.53 Å². The Hall–Kier alpha value is -2.74. The molecule has 144 valence electrons. The van der Waals surface area contributed by atoms with E-state index in [2.05, 4.69) is 20.2 Å². The first kappa shape index (κ1) is 19.0. The van der Waals surface area contributed by atoms with E-state index in [4.69, 9.17) is 22.1 Å². The predicted octanol–water partition coefficient (Wildman–Crippen LogP) is 2.60. The third kappa shape index (κ3) is 4.71. The maximum atomic E-state index is 11.8. The molecule has 1 aromatic heterocycles. The fourth-order valence-corrected chi connectivity index (χ4v) is 3.01. The molecule has 9 heteroatoms. The standard InChI is InChI=1S/C18H23ClN6O2/c1-2-27-18(26)25-9-7-24(8-10-25)17-15(20)16(22-12-23-17)21-11-13-3-5-14(19)6-4-13/h3-6,12H,2,7-11,20H2,1H3,(H,21,22,23). The summed E-state index contributed by atoms with van der Waals surface area (Å²) in [6.07, 6.45) is 1.21. The number of halogens is 1. The van der Waals surface area contributed by atoms with Crippen LogP contribution < -0.4 is 16.0 Å². The molecular formula is C18H23ClN6O2. The van der Waals surface area contributed by atoms with Crippen LogP contribution in [0.15, 0.2) is 30.6 Å². The number of nitrogens with zero attached hydrogens (tertiary/aromatic N) is 4. The average molecular weight is 391 g/mol. The summed E-state index contributed by atoms with van der Waals surface area (Å²) in [7, 11) is 0. The second-order valence-electron chi connectivity index (χ2n) is 6.11. The van der Waals surface area contributed by atoms with Crippen LogP contribution in [-0.2, 0) is 11.3 Å². The molecule has 3 rings (SSSR count). The Morgan fingerprint density at radius 1 is 1.22 bits per heavy atom. The van der Waals surface area contributed by atoms with E-state index in [-0.39, 0.29) is 6.09 Å². The third-order valence-corrected chi connectivity index (χ3v) is 4.59.